The molecule has 2 rings (SSSR count). The van der Waals surface area contributed by atoms with Crippen molar-refractivity contribution in [1.29, 1.82) is 0 Å². The summed E-state index contributed by atoms with van der Waals surface area (Å²) in [5.41, 5.74) is 1.43. The van der Waals surface area contributed by atoms with E-state index in [4.69, 9.17) is 0 Å². The highest BCUT2D eigenvalue weighted by molar-refractivity contribution is 7.91. The van der Waals surface area contributed by atoms with Crippen molar-refractivity contribution in [1.82, 2.24) is 4.90 Å². The summed E-state index contributed by atoms with van der Waals surface area (Å²) in [5, 5.41) is 2.50. The van der Waals surface area contributed by atoms with Crippen molar-refractivity contribution in [3.8, 4) is 0 Å². The average Bonchev–Trinajstić information content (AvgIpc) is 2.49. The molecule has 0 spiro atoms. The molecule has 2 amide bonds. The van der Waals surface area contributed by atoms with Crippen LogP contribution in [0, 0.1) is 5.92 Å². The topological polar surface area (TPSA) is 66.5 Å². The predicted octanol–water partition coefficient (Wildman–Crippen LogP) is 3.27. The number of carbonyl (C=O) groups excluding carboxylic acids is 1. The number of likely N-dealkylation sites (tertiary alicyclic amines) is 1. The Morgan fingerprint density at radius 2 is 1.96 bits per heavy atom. The molecule has 0 saturated carbocycles. The summed E-state index contributed by atoms with van der Waals surface area (Å²) in [7, 11) is -3.11. The maximum Gasteiger partial charge on any atom is 0.321 e. The van der Waals surface area contributed by atoms with Crippen LogP contribution in [0.25, 0.3) is 0 Å². The second kappa shape index (κ2) is 7.34. The molecule has 5 nitrogen and oxygen atoms in total. The molecule has 1 aromatic rings. The fourth-order valence-electron chi connectivity index (χ4n) is 2.66. The maximum absolute atomic E-state index is 12.2. The highest BCUT2D eigenvalue weighted by Gasteiger charge is 2.21. The number of amides is 2. The van der Waals surface area contributed by atoms with Gasteiger partial charge in [-0.3, -0.25) is 0 Å². The van der Waals surface area contributed by atoms with E-state index in [1.54, 1.807) is 38.1 Å². The molecule has 1 aromatic carbocycles. The summed E-state index contributed by atoms with van der Waals surface area (Å²) in [6, 6.07) is 6.95. The van der Waals surface area contributed by atoms with E-state index < -0.39 is 9.84 Å². The van der Waals surface area contributed by atoms with Gasteiger partial charge in [0.25, 0.3) is 0 Å². The van der Waals surface area contributed by atoms with E-state index in [1.807, 2.05) is 4.90 Å². The molecule has 1 saturated heterocycles. The highest BCUT2D eigenvalue weighted by atomic mass is 32.2. The molecule has 1 aliphatic rings. The minimum atomic E-state index is -3.11. The molecular weight excluding hydrogens is 312 g/mol. The Morgan fingerprint density at radius 3 is 2.52 bits per heavy atom. The van der Waals surface area contributed by atoms with E-state index in [1.165, 1.54) is 6.42 Å². The highest BCUT2D eigenvalue weighted by Crippen LogP contribution is 2.18. The maximum atomic E-state index is 12.2. The molecule has 0 radical (unpaired) electrons. The van der Waals surface area contributed by atoms with E-state index in [0.717, 1.165) is 25.1 Å². The third-order valence-electron chi connectivity index (χ3n) is 4.24. The molecule has 1 heterocycles. The molecule has 6 heteroatoms. The van der Waals surface area contributed by atoms with Crippen molar-refractivity contribution >= 4 is 21.6 Å². The number of sulfone groups is 1. The van der Waals surface area contributed by atoms with Crippen LogP contribution in [0.3, 0.4) is 0 Å². The lowest BCUT2D eigenvalue weighted by molar-refractivity contribution is 0.182. The number of hydrogen-bond donors (Lipinski definition) is 1. The Morgan fingerprint density at radius 1 is 1.30 bits per heavy atom. The van der Waals surface area contributed by atoms with Gasteiger partial charge >= 0.3 is 6.03 Å². The molecule has 0 unspecified atom stereocenters. The minimum absolute atomic E-state index is 0.0303. The SMILES string of the molecule is CC(C)S(=O)(=O)Cc1ccc(NC(=O)N2CCC[C@@H](C)C2)cc1. The molecule has 0 aromatic heterocycles. The lowest BCUT2D eigenvalue weighted by Crippen LogP contribution is -2.41. The summed E-state index contributed by atoms with van der Waals surface area (Å²) in [6.45, 7) is 7.11. The van der Waals surface area contributed by atoms with Gasteiger partial charge < -0.3 is 10.2 Å². The summed E-state index contributed by atoms with van der Waals surface area (Å²) in [4.78, 5) is 14.1. The number of nitrogens with zero attached hydrogens (tertiary/aromatic N) is 1. The second-order valence-corrected chi connectivity index (χ2v) is 9.23. The number of hydrogen-bond acceptors (Lipinski definition) is 3. The Bertz CT molecular complexity index is 638. The number of nitrogens with one attached hydrogen (secondary N) is 1. The van der Waals surface area contributed by atoms with Crippen LogP contribution in [0.5, 0.6) is 0 Å². The smallest absolute Gasteiger partial charge is 0.321 e. The fourth-order valence-corrected chi connectivity index (χ4v) is 3.65. The van der Waals surface area contributed by atoms with E-state index in [-0.39, 0.29) is 17.0 Å². The standard InChI is InChI=1S/C17H26N2O3S/c1-13(2)23(21,22)12-15-6-8-16(9-7-15)18-17(20)19-10-4-5-14(3)11-19/h6-9,13-14H,4-5,10-12H2,1-3H3,(H,18,20)/t14-/m1/s1. The number of urea groups is 1. The average molecular weight is 338 g/mol. The van der Waals surface area contributed by atoms with Crippen molar-refractivity contribution in [3.05, 3.63) is 29.8 Å². The van der Waals surface area contributed by atoms with Gasteiger partial charge in [-0.2, -0.15) is 0 Å². The second-order valence-electron chi connectivity index (χ2n) is 6.68. The first kappa shape index (κ1) is 17.8. The van der Waals surface area contributed by atoms with Crippen LogP contribution in [-0.4, -0.2) is 37.7 Å². The summed E-state index contributed by atoms with van der Waals surface area (Å²) < 4.78 is 23.8. The zero-order valence-corrected chi connectivity index (χ0v) is 14.9. The first-order valence-electron chi connectivity index (χ1n) is 8.14. The van der Waals surface area contributed by atoms with Crippen LogP contribution >= 0.6 is 0 Å². The predicted molar refractivity (Wildman–Crippen MR) is 93.2 cm³/mol. The van der Waals surface area contributed by atoms with Crippen molar-refractivity contribution < 1.29 is 13.2 Å². The number of anilines is 1. The summed E-state index contributed by atoms with van der Waals surface area (Å²) in [5.74, 6) is 0.570. The van der Waals surface area contributed by atoms with Crippen LogP contribution in [0.15, 0.2) is 24.3 Å². The van der Waals surface area contributed by atoms with Crippen LogP contribution in [0.1, 0.15) is 39.2 Å². The number of rotatable bonds is 4. The van der Waals surface area contributed by atoms with E-state index >= 15 is 0 Å². The van der Waals surface area contributed by atoms with Gasteiger partial charge in [-0.05, 0) is 50.3 Å². The first-order chi connectivity index (χ1) is 10.8. The molecule has 1 fully saturated rings. The van der Waals surface area contributed by atoms with Crippen molar-refractivity contribution in [3.63, 3.8) is 0 Å². The normalized spacial score (nSPS) is 19.0. The third-order valence-corrected chi connectivity index (χ3v) is 6.41. The largest absolute Gasteiger partial charge is 0.324 e. The van der Waals surface area contributed by atoms with Gasteiger partial charge in [0, 0.05) is 18.8 Å². The lowest BCUT2D eigenvalue weighted by Gasteiger charge is -2.30. The first-order valence-corrected chi connectivity index (χ1v) is 9.86. The molecule has 0 bridgehead atoms. The molecule has 0 aliphatic carbocycles. The summed E-state index contributed by atoms with van der Waals surface area (Å²) in [6.07, 6.45) is 2.21. The lowest BCUT2D eigenvalue weighted by atomic mass is 10.0. The van der Waals surface area contributed by atoms with Gasteiger partial charge in [0.1, 0.15) is 0 Å². The van der Waals surface area contributed by atoms with Gasteiger partial charge in [0.15, 0.2) is 9.84 Å². The van der Waals surface area contributed by atoms with Gasteiger partial charge in [-0.1, -0.05) is 19.1 Å². The van der Waals surface area contributed by atoms with E-state index in [9.17, 15) is 13.2 Å². The number of piperidine rings is 1. The van der Waals surface area contributed by atoms with E-state index in [0.29, 0.717) is 11.6 Å². The van der Waals surface area contributed by atoms with Crippen molar-refractivity contribution in [2.45, 2.75) is 44.6 Å². The van der Waals surface area contributed by atoms with Crippen molar-refractivity contribution in [2.24, 2.45) is 5.92 Å². The molecular formula is C17H26N2O3S. The minimum Gasteiger partial charge on any atom is -0.324 e. The molecule has 128 valence electrons. The Kier molecular flexibility index (Phi) is 5.68. The van der Waals surface area contributed by atoms with Gasteiger partial charge in [0.2, 0.25) is 0 Å². The third kappa shape index (κ3) is 4.96. The van der Waals surface area contributed by atoms with Gasteiger partial charge in [-0.15, -0.1) is 0 Å². The van der Waals surface area contributed by atoms with E-state index in [2.05, 4.69) is 12.2 Å². The Balaban J connectivity index is 1.96. The zero-order valence-electron chi connectivity index (χ0n) is 14.1. The van der Waals surface area contributed by atoms with Gasteiger partial charge in [-0.25, -0.2) is 13.2 Å². The van der Waals surface area contributed by atoms with Crippen LogP contribution in [-0.2, 0) is 15.6 Å². The molecule has 1 atom stereocenters. The monoisotopic (exact) mass is 338 g/mol. The zero-order chi connectivity index (χ0) is 17.0. The Hall–Kier alpha value is -1.56. The van der Waals surface area contributed by atoms with Crippen molar-refractivity contribution in [2.75, 3.05) is 18.4 Å². The molecule has 23 heavy (non-hydrogen) atoms. The number of benzene rings is 1. The molecule has 1 N–H and O–H groups in total. The fraction of sp³-hybridized carbons (Fsp3) is 0.588. The van der Waals surface area contributed by atoms with Crippen LogP contribution in [0.2, 0.25) is 0 Å². The van der Waals surface area contributed by atoms with Gasteiger partial charge in [0.05, 0.1) is 11.0 Å². The quantitative estimate of drug-likeness (QED) is 0.916. The summed E-state index contributed by atoms with van der Waals surface area (Å²) >= 11 is 0. The molecule has 1 aliphatic heterocycles. The van der Waals surface area contributed by atoms with Crippen LogP contribution < -0.4 is 5.32 Å². The van der Waals surface area contributed by atoms with Crippen LogP contribution in [0.4, 0.5) is 10.5 Å². The Labute approximate surface area is 139 Å². The number of carbonyl (C=O) groups is 1.